The molecule has 0 radical (unpaired) electrons. The Bertz CT molecular complexity index is 44.1. The molecule has 0 saturated carbocycles. The average molecular weight is 139 g/mol. The number of carbonyl (C=O) groups is 1. The monoisotopic (exact) mass is 138 g/mol. The first kappa shape index (κ1) is 9.43. The fraction of sp³-hybridized carbons (Fsp3) is 0.667. The van der Waals surface area contributed by atoms with Crippen molar-refractivity contribution >= 4 is 5.97 Å². The maximum absolute atomic E-state index is 9.37. The first-order chi connectivity index (χ1) is 2.27. The largest absolute Gasteiger partial charge is 0.481 e. The van der Waals surface area contributed by atoms with Gasteiger partial charge in [0.15, 0.2) is 0 Å². The molecule has 0 rings (SSSR count). The number of carboxylic acid groups (broad SMARTS) is 1. The smallest absolute Gasteiger partial charge is 0.303 e. The quantitative estimate of drug-likeness (QED) is 0.537. The molecule has 0 aromatic heterocycles. The van der Waals surface area contributed by atoms with Gasteiger partial charge in [-0.2, -0.15) is 0 Å². The summed E-state index contributed by atoms with van der Waals surface area (Å²) in [5.41, 5.74) is 0. The Kier molecular flexibility index (Phi) is 8.01. The summed E-state index contributed by atoms with van der Waals surface area (Å²) in [4.78, 5) is 9.37. The predicted molar refractivity (Wildman–Crippen MR) is 17.9 cm³/mol. The van der Waals surface area contributed by atoms with Gasteiger partial charge in [0.1, 0.15) is 0 Å². The predicted octanol–water partition coefficient (Wildman–Crippen LogP) is 0.478. The average Bonchev–Trinajstić information content (AvgIpc) is 1.38. The van der Waals surface area contributed by atoms with E-state index in [2.05, 4.69) is 0 Å². The standard InChI is InChI=1S/C3H6O2.Zn/c1-2-3(4)5;/h2H2,1H3,(H,4,5);. The van der Waals surface area contributed by atoms with E-state index in [1.165, 1.54) is 0 Å². The van der Waals surface area contributed by atoms with Crippen LogP contribution in [0.2, 0.25) is 0 Å². The number of carboxylic acids is 1. The summed E-state index contributed by atoms with van der Waals surface area (Å²) in [5.74, 6) is -0.745. The van der Waals surface area contributed by atoms with Crippen LogP contribution < -0.4 is 0 Å². The van der Waals surface area contributed by atoms with Crippen LogP contribution in [0, 0.1) is 0 Å². The van der Waals surface area contributed by atoms with E-state index in [0.29, 0.717) is 0 Å². The maximum Gasteiger partial charge on any atom is 0.303 e. The first-order valence-electron chi connectivity index (χ1n) is 1.49. The van der Waals surface area contributed by atoms with Crippen LogP contribution in [0.4, 0.5) is 0 Å². The van der Waals surface area contributed by atoms with Gasteiger partial charge in [0.25, 0.3) is 0 Å². The van der Waals surface area contributed by atoms with Crippen molar-refractivity contribution in [1.29, 1.82) is 0 Å². The normalized spacial score (nSPS) is 6.17. The molecule has 0 aliphatic heterocycles. The summed E-state index contributed by atoms with van der Waals surface area (Å²) in [6, 6.07) is 0. The van der Waals surface area contributed by atoms with Gasteiger partial charge in [0.05, 0.1) is 0 Å². The molecular weight excluding hydrogens is 133 g/mol. The van der Waals surface area contributed by atoms with E-state index < -0.39 is 5.97 Å². The van der Waals surface area contributed by atoms with Gasteiger partial charge in [-0.3, -0.25) is 4.79 Å². The summed E-state index contributed by atoms with van der Waals surface area (Å²) >= 11 is 0. The molecule has 0 heterocycles. The van der Waals surface area contributed by atoms with Crippen molar-refractivity contribution < 1.29 is 29.4 Å². The van der Waals surface area contributed by atoms with E-state index in [4.69, 9.17) is 5.11 Å². The summed E-state index contributed by atoms with van der Waals surface area (Å²) in [6.07, 6.45) is 0.222. The molecule has 0 aliphatic rings. The second kappa shape index (κ2) is 5.09. The third-order valence-corrected chi connectivity index (χ3v) is 0.302. The van der Waals surface area contributed by atoms with Crippen LogP contribution in [-0.4, -0.2) is 11.1 Å². The van der Waals surface area contributed by atoms with Gasteiger partial charge in [-0.25, -0.2) is 0 Å². The summed E-state index contributed by atoms with van der Waals surface area (Å²) in [7, 11) is 0. The van der Waals surface area contributed by atoms with Crippen LogP contribution in [0.15, 0.2) is 0 Å². The van der Waals surface area contributed by atoms with Crippen LogP contribution in [0.1, 0.15) is 13.3 Å². The first-order valence-corrected chi connectivity index (χ1v) is 1.49. The molecule has 0 saturated heterocycles. The van der Waals surface area contributed by atoms with Crippen LogP contribution in [0.5, 0.6) is 0 Å². The van der Waals surface area contributed by atoms with Crippen molar-refractivity contribution in [2.75, 3.05) is 0 Å². The molecule has 6 heavy (non-hydrogen) atoms. The third-order valence-electron chi connectivity index (χ3n) is 0.302. The Hall–Kier alpha value is 0.0934. The van der Waals surface area contributed by atoms with E-state index in [-0.39, 0.29) is 25.9 Å². The van der Waals surface area contributed by atoms with Crippen molar-refractivity contribution in [3.63, 3.8) is 0 Å². The van der Waals surface area contributed by atoms with Crippen molar-refractivity contribution in [1.82, 2.24) is 0 Å². The van der Waals surface area contributed by atoms with Gasteiger partial charge in [-0.15, -0.1) is 0 Å². The molecule has 32 valence electrons. The zero-order valence-corrected chi connectivity index (χ0v) is 6.74. The zero-order valence-electron chi connectivity index (χ0n) is 3.77. The molecule has 0 spiro atoms. The Balaban J connectivity index is 0. The van der Waals surface area contributed by atoms with E-state index in [1.807, 2.05) is 0 Å². The Labute approximate surface area is 49.3 Å². The fourth-order valence-electron chi connectivity index (χ4n) is 0. The maximum atomic E-state index is 9.37. The van der Waals surface area contributed by atoms with Crippen molar-refractivity contribution in [2.45, 2.75) is 13.3 Å². The van der Waals surface area contributed by atoms with E-state index in [1.54, 1.807) is 6.92 Å². The van der Waals surface area contributed by atoms with Crippen LogP contribution in [0.25, 0.3) is 0 Å². The molecule has 3 heteroatoms. The minimum absolute atomic E-state index is 0. The van der Waals surface area contributed by atoms with Crippen molar-refractivity contribution in [3.05, 3.63) is 0 Å². The third kappa shape index (κ3) is 8.94. The number of hydrogen-bond donors (Lipinski definition) is 1. The van der Waals surface area contributed by atoms with E-state index in [9.17, 15) is 4.79 Å². The van der Waals surface area contributed by atoms with Gasteiger partial charge >= 0.3 is 5.97 Å². The summed E-state index contributed by atoms with van der Waals surface area (Å²) in [5, 5.41) is 7.72. The molecule has 2 nitrogen and oxygen atoms in total. The molecule has 0 aromatic carbocycles. The molecule has 0 aliphatic carbocycles. The molecule has 0 bridgehead atoms. The van der Waals surface area contributed by atoms with Gasteiger partial charge in [0, 0.05) is 25.9 Å². The van der Waals surface area contributed by atoms with Crippen molar-refractivity contribution in [2.24, 2.45) is 0 Å². The fourth-order valence-corrected chi connectivity index (χ4v) is 0. The van der Waals surface area contributed by atoms with E-state index in [0.717, 1.165) is 0 Å². The molecule has 0 fully saturated rings. The Morgan fingerprint density at radius 2 is 2.00 bits per heavy atom. The van der Waals surface area contributed by atoms with Crippen molar-refractivity contribution in [3.8, 4) is 0 Å². The minimum atomic E-state index is -0.745. The van der Waals surface area contributed by atoms with E-state index >= 15 is 0 Å². The van der Waals surface area contributed by atoms with Gasteiger partial charge in [0.2, 0.25) is 0 Å². The second-order valence-electron chi connectivity index (χ2n) is 0.747. The molecule has 0 unspecified atom stereocenters. The summed E-state index contributed by atoms with van der Waals surface area (Å²) < 4.78 is 0. The van der Waals surface area contributed by atoms with Crippen LogP contribution in [0.3, 0.4) is 0 Å². The Morgan fingerprint density at radius 1 is 1.83 bits per heavy atom. The van der Waals surface area contributed by atoms with Gasteiger partial charge in [-0.05, 0) is 0 Å². The van der Waals surface area contributed by atoms with Crippen LogP contribution >= 0.6 is 0 Å². The van der Waals surface area contributed by atoms with Gasteiger partial charge < -0.3 is 5.11 Å². The number of aliphatic carboxylic acids is 1. The number of rotatable bonds is 1. The molecule has 1 N–H and O–H groups in total. The van der Waals surface area contributed by atoms with Gasteiger partial charge in [-0.1, -0.05) is 6.92 Å². The molecule has 0 atom stereocenters. The summed E-state index contributed by atoms with van der Waals surface area (Å²) in [6.45, 7) is 1.60. The van der Waals surface area contributed by atoms with Crippen LogP contribution in [-0.2, 0) is 24.3 Å². The second-order valence-corrected chi connectivity index (χ2v) is 0.747. The number of hydrogen-bond acceptors (Lipinski definition) is 1. The molecular formula is C3H6O2Zn. The molecule has 0 amide bonds. The Morgan fingerprint density at radius 3 is 2.00 bits per heavy atom. The topological polar surface area (TPSA) is 37.3 Å². The SMILES string of the molecule is CCC(=O)O.[Zn]. The zero-order chi connectivity index (χ0) is 4.28. The molecule has 0 aromatic rings. The minimum Gasteiger partial charge on any atom is -0.481 e.